The average Bonchev–Trinajstić information content (AvgIpc) is 2.15. The summed E-state index contributed by atoms with van der Waals surface area (Å²) in [5, 5.41) is 13.5. The number of nitrogens with two attached hydrogens (primary N) is 1. The Morgan fingerprint density at radius 3 is 2.40 bits per heavy atom. The van der Waals surface area contributed by atoms with E-state index in [0.29, 0.717) is 0 Å². The van der Waals surface area contributed by atoms with Crippen molar-refractivity contribution in [1.29, 1.82) is 0 Å². The van der Waals surface area contributed by atoms with Gasteiger partial charge in [0.05, 0.1) is 6.54 Å². The topological polar surface area (TPSA) is 122 Å². The van der Waals surface area contributed by atoms with Crippen molar-refractivity contribution in [3.63, 3.8) is 0 Å². The lowest BCUT2D eigenvalue weighted by molar-refractivity contribution is -0.139. The van der Waals surface area contributed by atoms with E-state index in [4.69, 9.17) is 10.8 Å². The maximum Gasteiger partial charge on any atom is 0.320 e. The van der Waals surface area contributed by atoms with Crippen LogP contribution in [0.4, 0.5) is 0 Å². The van der Waals surface area contributed by atoms with Crippen LogP contribution >= 0.6 is 0 Å². The van der Waals surface area contributed by atoms with Gasteiger partial charge in [-0.15, -0.1) is 0 Å². The summed E-state index contributed by atoms with van der Waals surface area (Å²) in [5.74, 6) is -2.04. The maximum atomic E-state index is 11.1. The van der Waals surface area contributed by atoms with Crippen LogP contribution in [0.3, 0.4) is 0 Å². The van der Waals surface area contributed by atoms with Gasteiger partial charge in [0.2, 0.25) is 11.8 Å². The molecule has 0 aromatic carbocycles. The second-order valence-electron chi connectivity index (χ2n) is 2.96. The second kappa shape index (κ2) is 6.77. The molecule has 0 rings (SSSR count). The Labute approximate surface area is 87.0 Å². The molecule has 0 fully saturated rings. The molecule has 0 saturated heterocycles. The van der Waals surface area contributed by atoms with Crippen molar-refractivity contribution in [3.8, 4) is 0 Å². The van der Waals surface area contributed by atoms with Gasteiger partial charge in [0.25, 0.3) is 0 Å². The highest BCUT2D eigenvalue weighted by molar-refractivity contribution is 5.84. The summed E-state index contributed by atoms with van der Waals surface area (Å²) in [6.45, 7) is -0.226. The third kappa shape index (κ3) is 6.44. The number of carbonyl (C=O) groups excluding carboxylic acids is 2. The van der Waals surface area contributed by atoms with E-state index in [2.05, 4.69) is 10.6 Å². The van der Waals surface area contributed by atoms with E-state index in [9.17, 15) is 14.4 Å². The molecule has 1 atom stereocenters. The van der Waals surface area contributed by atoms with Gasteiger partial charge in [-0.3, -0.25) is 14.4 Å². The fourth-order valence-corrected chi connectivity index (χ4v) is 0.941. The number of aliphatic carboxylic acids is 1. The Morgan fingerprint density at radius 1 is 1.40 bits per heavy atom. The van der Waals surface area contributed by atoms with E-state index >= 15 is 0 Å². The lowest BCUT2D eigenvalue weighted by Crippen LogP contribution is -2.37. The SMILES string of the molecule is CNC(CCC(=O)NCC(N)=O)C(=O)O. The van der Waals surface area contributed by atoms with Crippen LogP contribution in [0.2, 0.25) is 0 Å². The number of hydrogen-bond acceptors (Lipinski definition) is 4. The van der Waals surface area contributed by atoms with Gasteiger partial charge in [0, 0.05) is 6.42 Å². The Kier molecular flexibility index (Phi) is 6.03. The minimum Gasteiger partial charge on any atom is -0.480 e. The highest BCUT2D eigenvalue weighted by Gasteiger charge is 2.16. The smallest absolute Gasteiger partial charge is 0.320 e. The Bertz CT molecular complexity index is 254. The number of carbonyl (C=O) groups is 3. The summed E-state index contributed by atoms with van der Waals surface area (Å²) in [4.78, 5) is 31.9. The van der Waals surface area contributed by atoms with Crippen molar-refractivity contribution < 1.29 is 19.5 Å². The first-order chi connectivity index (χ1) is 6.97. The lowest BCUT2D eigenvalue weighted by Gasteiger charge is -2.10. The monoisotopic (exact) mass is 217 g/mol. The van der Waals surface area contributed by atoms with Gasteiger partial charge in [-0.25, -0.2) is 0 Å². The zero-order valence-corrected chi connectivity index (χ0v) is 8.45. The summed E-state index contributed by atoms with van der Waals surface area (Å²) in [5.41, 5.74) is 4.81. The van der Waals surface area contributed by atoms with E-state index in [0.717, 1.165) is 0 Å². The van der Waals surface area contributed by atoms with Crippen molar-refractivity contribution in [2.45, 2.75) is 18.9 Å². The molecular weight excluding hydrogens is 202 g/mol. The Hall–Kier alpha value is -1.63. The van der Waals surface area contributed by atoms with Crippen LogP contribution in [0.25, 0.3) is 0 Å². The van der Waals surface area contributed by atoms with Crippen LogP contribution in [0.1, 0.15) is 12.8 Å². The third-order valence-corrected chi connectivity index (χ3v) is 1.77. The predicted molar refractivity (Wildman–Crippen MR) is 51.9 cm³/mol. The van der Waals surface area contributed by atoms with Crippen molar-refractivity contribution >= 4 is 17.8 Å². The first kappa shape index (κ1) is 13.4. The van der Waals surface area contributed by atoms with E-state index < -0.39 is 23.8 Å². The Balaban J connectivity index is 3.78. The second-order valence-corrected chi connectivity index (χ2v) is 2.96. The standard InChI is InChI=1S/C8H15N3O4/c1-10-5(8(14)15)2-3-7(13)11-4-6(9)12/h5,10H,2-4H2,1H3,(H2,9,12)(H,11,13)(H,14,15). The van der Waals surface area contributed by atoms with Crippen LogP contribution in [-0.2, 0) is 14.4 Å². The van der Waals surface area contributed by atoms with E-state index in [1.54, 1.807) is 0 Å². The summed E-state index contributed by atoms with van der Waals surface area (Å²) >= 11 is 0. The van der Waals surface area contributed by atoms with Crippen molar-refractivity contribution in [1.82, 2.24) is 10.6 Å². The summed E-state index contributed by atoms with van der Waals surface area (Å²) in [6.07, 6.45) is 0.196. The lowest BCUT2D eigenvalue weighted by atomic mass is 10.1. The fraction of sp³-hybridized carbons (Fsp3) is 0.625. The van der Waals surface area contributed by atoms with Gasteiger partial charge in [-0.2, -0.15) is 0 Å². The zero-order chi connectivity index (χ0) is 11.8. The number of carboxylic acid groups (broad SMARTS) is 1. The van der Waals surface area contributed by atoms with Gasteiger partial charge < -0.3 is 21.5 Å². The molecule has 0 aliphatic heterocycles. The van der Waals surface area contributed by atoms with Gasteiger partial charge in [-0.1, -0.05) is 0 Å². The molecule has 0 radical (unpaired) electrons. The molecule has 86 valence electrons. The molecule has 15 heavy (non-hydrogen) atoms. The molecule has 0 aliphatic carbocycles. The third-order valence-electron chi connectivity index (χ3n) is 1.77. The molecule has 0 aromatic rings. The average molecular weight is 217 g/mol. The molecule has 1 unspecified atom stereocenters. The van der Waals surface area contributed by atoms with Crippen LogP contribution in [0, 0.1) is 0 Å². The molecule has 5 N–H and O–H groups in total. The van der Waals surface area contributed by atoms with Crippen LogP contribution in [-0.4, -0.2) is 42.5 Å². The molecule has 0 heterocycles. The van der Waals surface area contributed by atoms with E-state index in [-0.39, 0.29) is 19.4 Å². The first-order valence-electron chi connectivity index (χ1n) is 4.42. The molecule has 7 heteroatoms. The number of rotatable bonds is 7. The fourth-order valence-electron chi connectivity index (χ4n) is 0.941. The van der Waals surface area contributed by atoms with Crippen molar-refractivity contribution in [3.05, 3.63) is 0 Å². The molecular formula is C8H15N3O4. The first-order valence-corrected chi connectivity index (χ1v) is 4.42. The summed E-state index contributed by atoms with van der Waals surface area (Å²) in [7, 11) is 1.50. The largest absolute Gasteiger partial charge is 0.480 e. The number of primary amides is 1. The zero-order valence-electron chi connectivity index (χ0n) is 8.45. The minimum atomic E-state index is -1.01. The van der Waals surface area contributed by atoms with Gasteiger partial charge in [0.1, 0.15) is 6.04 Å². The van der Waals surface area contributed by atoms with Crippen LogP contribution in [0.5, 0.6) is 0 Å². The van der Waals surface area contributed by atoms with Crippen molar-refractivity contribution in [2.24, 2.45) is 5.73 Å². The number of nitrogens with one attached hydrogen (secondary N) is 2. The van der Waals surface area contributed by atoms with Gasteiger partial charge in [-0.05, 0) is 13.5 Å². The van der Waals surface area contributed by atoms with Crippen molar-refractivity contribution in [2.75, 3.05) is 13.6 Å². The number of amides is 2. The van der Waals surface area contributed by atoms with Gasteiger partial charge in [0.15, 0.2) is 0 Å². The highest BCUT2D eigenvalue weighted by atomic mass is 16.4. The van der Waals surface area contributed by atoms with E-state index in [1.807, 2.05) is 0 Å². The molecule has 0 aromatic heterocycles. The number of likely N-dealkylation sites (N-methyl/N-ethyl adjacent to an activating group) is 1. The maximum absolute atomic E-state index is 11.1. The molecule has 0 aliphatic rings. The molecule has 0 saturated carbocycles. The highest BCUT2D eigenvalue weighted by Crippen LogP contribution is 1.96. The quantitative estimate of drug-likeness (QED) is 0.394. The van der Waals surface area contributed by atoms with Crippen LogP contribution in [0.15, 0.2) is 0 Å². The molecule has 2 amide bonds. The van der Waals surface area contributed by atoms with Gasteiger partial charge >= 0.3 is 5.97 Å². The van der Waals surface area contributed by atoms with Crippen LogP contribution < -0.4 is 16.4 Å². The predicted octanol–water partition coefficient (Wildman–Crippen LogP) is -1.96. The summed E-state index contributed by atoms with van der Waals surface area (Å²) in [6, 6.07) is -0.760. The van der Waals surface area contributed by atoms with E-state index in [1.165, 1.54) is 7.05 Å². The number of hydrogen-bond donors (Lipinski definition) is 4. The minimum absolute atomic E-state index is 0.0328. The molecule has 0 bridgehead atoms. The molecule has 0 spiro atoms. The Morgan fingerprint density at radius 2 is 2.00 bits per heavy atom. The molecule has 7 nitrogen and oxygen atoms in total. The number of carboxylic acids is 1. The normalized spacial score (nSPS) is 11.8. The summed E-state index contributed by atoms with van der Waals surface area (Å²) < 4.78 is 0.